The molecule has 1 amide bonds. The molecule has 4 aromatic heterocycles. The molecule has 0 aliphatic carbocycles. The van der Waals surface area contributed by atoms with Crippen molar-refractivity contribution in [2.45, 2.75) is 5.16 Å². The Morgan fingerprint density at radius 3 is 2.96 bits per heavy atom. The minimum absolute atomic E-state index is 0.167. The summed E-state index contributed by atoms with van der Waals surface area (Å²) in [7, 11) is 0. The topological polar surface area (TPSA) is 98.2 Å². The number of amides is 1. The molecule has 4 rings (SSSR count). The molecule has 1 N–H and O–H groups in total. The molecule has 9 heteroatoms. The van der Waals surface area contributed by atoms with Gasteiger partial charge in [0.05, 0.1) is 17.7 Å². The molecule has 0 saturated carbocycles. The average molecular weight is 352 g/mol. The largest absolute Gasteiger partial charge is 0.449 e. The van der Waals surface area contributed by atoms with Gasteiger partial charge in [-0.2, -0.15) is 9.61 Å². The van der Waals surface area contributed by atoms with Gasteiger partial charge in [0.25, 0.3) is 0 Å². The Kier molecular flexibility index (Phi) is 4.13. The van der Waals surface area contributed by atoms with Gasteiger partial charge in [-0.25, -0.2) is 0 Å². The SMILES string of the molecule is O=C(CSc1nnc2ccc(-c3cccnc3)nn12)Nc1ccco1. The van der Waals surface area contributed by atoms with Gasteiger partial charge in [0, 0.05) is 24.0 Å². The Bertz CT molecular complexity index is 1000. The Balaban J connectivity index is 1.52. The molecule has 0 atom stereocenters. The minimum atomic E-state index is -0.194. The molecule has 4 heterocycles. The fourth-order valence-corrected chi connectivity index (χ4v) is 2.87. The molecule has 4 aromatic rings. The van der Waals surface area contributed by atoms with E-state index in [1.54, 1.807) is 29.0 Å². The third-order valence-electron chi connectivity index (χ3n) is 3.31. The van der Waals surface area contributed by atoms with Gasteiger partial charge >= 0.3 is 0 Å². The summed E-state index contributed by atoms with van der Waals surface area (Å²) in [6.45, 7) is 0. The van der Waals surface area contributed by atoms with Crippen molar-refractivity contribution in [2.24, 2.45) is 0 Å². The van der Waals surface area contributed by atoms with E-state index in [-0.39, 0.29) is 11.7 Å². The molecular formula is C16H12N6O2S. The first-order chi connectivity index (χ1) is 12.3. The number of thioether (sulfide) groups is 1. The number of nitrogens with zero attached hydrogens (tertiary/aromatic N) is 5. The van der Waals surface area contributed by atoms with Crippen LogP contribution < -0.4 is 5.32 Å². The van der Waals surface area contributed by atoms with Crippen LogP contribution in [0.3, 0.4) is 0 Å². The predicted molar refractivity (Wildman–Crippen MR) is 92.1 cm³/mol. The number of furan rings is 1. The van der Waals surface area contributed by atoms with Gasteiger partial charge in [0.1, 0.15) is 0 Å². The van der Waals surface area contributed by atoms with Crippen LogP contribution in [-0.4, -0.2) is 36.5 Å². The summed E-state index contributed by atoms with van der Waals surface area (Å²) in [5.74, 6) is 0.383. The van der Waals surface area contributed by atoms with E-state index in [1.807, 2.05) is 24.3 Å². The summed E-state index contributed by atoms with van der Waals surface area (Å²) in [6.07, 6.45) is 4.94. The number of hydrogen-bond donors (Lipinski definition) is 1. The maximum Gasteiger partial charge on any atom is 0.237 e. The lowest BCUT2D eigenvalue weighted by atomic mass is 10.2. The standard InChI is InChI=1S/C16H12N6O2S/c23-14(18-15-4-2-8-24-15)10-25-16-20-19-13-6-5-12(21-22(13)16)11-3-1-7-17-9-11/h1-9H,10H2,(H,18,23). The molecule has 25 heavy (non-hydrogen) atoms. The van der Waals surface area contributed by atoms with Crippen LogP contribution in [0.25, 0.3) is 16.9 Å². The number of aromatic nitrogens is 5. The van der Waals surface area contributed by atoms with Gasteiger partial charge in [-0.15, -0.1) is 10.2 Å². The number of carbonyl (C=O) groups is 1. The molecule has 0 saturated heterocycles. The maximum atomic E-state index is 12.0. The fourth-order valence-electron chi connectivity index (χ4n) is 2.18. The van der Waals surface area contributed by atoms with Gasteiger partial charge in [0.15, 0.2) is 11.5 Å². The van der Waals surface area contributed by atoms with Crippen molar-refractivity contribution in [1.82, 2.24) is 24.8 Å². The summed E-state index contributed by atoms with van der Waals surface area (Å²) in [5.41, 5.74) is 2.26. The van der Waals surface area contributed by atoms with E-state index in [9.17, 15) is 4.79 Å². The highest BCUT2D eigenvalue weighted by atomic mass is 32.2. The highest BCUT2D eigenvalue weighted by Gasteiger charge is 2.12. The van der Waals surface area contributed by atoms with Crippen molar-refractivity contribution < 1.29 is 9.21 Å². The summed E-state index contributed by atoms with van der Waals surface area (Å²) in [4.78, 5) is 16.1. The molecule has 0 spiro atoms. The maximum absolute atomic E-state index is 12.0. The van der Waals surface area contributed by atoms with E-state index >= 15 is 0 Å². The third kappa shape index (κ3) is 3.36. The molecule has 0 aliphatic heterocycles. The summed E-state index contributed by atoms with van der Waals surface area (Å²) in [5, 5.41) is 15.9. The molecule has 0 radical (unpaired) electrons. The van der Waals surface area contributed by atoms with Crippen LogP contribution in [0.2, 0.25) is 0 Å². The van der Waals surface area contributed by atoms with Crippen LogP contribution in [0.1, 0.15) is 0 Å². The van der Waals surface area contributed by atoms with Crippen molar-refractivity contribution in [3.63, 3.8) is 0 Å². The number of hydrogen-bond acceptors (Lipinski definition) is 7. The lowest BCUT2D eigenvalue weighted by Gasteiger charge is -2.03. The first-order valence-electron chi connectivity index (χ1n) is 7.38. The molecular weight excluding hydrogens is 340 g/mol. The number of rotatable bonds is 5. The van der Waals surface area contributed by atoms with Crippen LogP contribution in [0.4, 0.5) is 5.88 Å². The monoisotopic (exact) mass is 352 g/mol. The Labute approximate surface area is 146 Å². The van der Waals surface area contributed by atoms with Gasteiger partial charge in [-0.3, -0.25) is 15.1 Å². The van der Waals surface area contributed by atoms with Crippen LogP contribution in [0.15, 0.2) is 64.6 Å². The average Bonchev–Trinajstić information content (AvgIpc) is 3.30. The summed E-state index contributed by atoms with van der Waals surface area (Å²) in [6, 6.07) is 10.8. The van der Waals surface area contributed by atoms with Crippen LogP contribution in [0.5, 0.6) is 0 Å². The second-order valence-electron chi connectivity index (χ2n) is 5.03. The first-order valence-corrected chi connectivity index (χ1v) is 8.37. The third-order valence-corrected chi connectivity index (χ3v) is 4.23. The van der Waals surface area contributed by atoms with E-state index in [2.05, 4.69) is 25.6 Å². The number of pyridine rings is 1. The van der Waals surface area contributed by atoms with E-state index in [4.69, 9.17) is 4.42 Å². The number of anilines is 1. The molecule has 0 aromatic carbocycles. The normalized spacial score (nSPS) is 10.9. The zero-order valence-electron chi connectivity index (χ0n) is 12.9. The lowest BCUT2D eigenvalue weighted by Crippen LogP contribution is -2.13. The zero-order chi connectivity index (χ0) is 17.1. The van der Waals surface area contributed by atoms with E-state index in [0.717, 1.165) is 11.3 Å². The highest BCUT2D eigenvalue weighted by Crippen LogP contribution is 2.20. The quantitative estimate of drug-likeness (QED) is 0.551. The predicted octanol–water partition coefficient (Wildman–Crippen LogP) is 2.51. The molecule has 8 nitrogen and oxygen atoms in total. The molecule has 0 aliphatic rings. The Morgan fingerprint density at radius 1 is 1.20 bits per heavy atom. The van der Waals surface area contributed by atoms with E-state index in [0.29, 0.717) is 16.7 Å². The number of carbonyl (C=O) groups excluding carboxylic acids is 1. The van der Waals surface area contributed by atoms with E-state index < -0.39 is 0 Å². The van der Waals surface area contributed by atoms with Crippen LogP contribution in [0, 0.1) is 0 Å². The second-order valence-corrected chi connectivity index (χ2v) is 5.97. The fraction of sp³-hybridized carbons (Fsp3) is 0.0625. The highest BCUT2D eigenvalue weighted by molar-refractivity contribution is 7.99. The van der Waals surface area contributed by atoms with Crippen molar-refractivity contribution in [3.05, 3.63) is 55.1 Å². The lowest BCUT2D eigenvalue weighted by molar-refractivity contribution is -0.113. The van der Waals surface area contributed by atoms with Gasteiger partial charge < -0.3 is 4.42 Å². The van der Waals surface area contributed by atoms with Crippen molar-refractivity contribution in [1.29, 1.82) is 0 Å². The second kappa shape index (κ2) is 6.73. The Morgan fingerprint density at radius 2 is 2.16 bits per heavy atom. The van der Waals surface area contributed by atoms with Gasteiger partial charge in [-0.05, 0) is 30.3 Å². The zero-order valence-corrected chi connectivity index (χ0v) is 13.7. The van der Waals surface area contributed by atoms with Gasteiger partial charge in [-0.1, -0.05) is 11.8 Å². The summed E-state index contributed by atoms with van der Waals surface area (Å²) >= 11 is 1.25. The van der Waals surface area contributed by atoms with E-state index in [1.165, 1.54) is 18.0 Å². The summed E-state index contributed by atoms with van der Waals surface area (Å²) < 4.78 is 6.70. The van der Waals surface area contributed by atoms with Gasteiger partial charge in [0.2, 0.25) is 11.1 Å². The first kappa shape index (κ1) is 15.3. The minimum Gasteiger partial charge on any atom is -0.449 e. The van der Waals surface area contributed by atoms with Crippen molar-refractivity contribution in [3.8, 4) is 11.3 Å². The Hall–Kier alpha value is -3.20. The van der Waals surface area contributed by atoms with Crippen LogP contribution >= 0.6 is 11.8 Å². The molecule has 0 bridgehead atoms. The molecule has 0 unspecified atom stereocenters. The van der Waals surface area contributed by atoms with Crippen LogP contribution in [-0.2, 0) is 4.79 Å². The van der Waals surface area contributed by atoms with Crippen molar-refractivity contribution in [2.75, 3.05) is 11.1 Å². The number of nitrogens with one attached hydrogen (secondary N) is 1. The smallest absolute Gasteiger partial charge is 0.237 e. The van der Waals surface area contributed by atoms with Crippen molar-refractivity contribution >= 4 is 29.2 Å². The number of fused-ring (bicyclic) bond motifs is 1. The molecule has 124 valence electrons. The molecule has 0 fully saturated rings.